The number of anilines is 2. The third kappa shape index (κ3) is 2.83. The quantitative estimate of drug-likeness (QED) is 0.713. The summed E-state index contributed by atoms with van der Waals surface area (Å²) in [7, 11) is 0. The Kier molecular flexibility index (Phi) is 3.65. The summed E-state index contributed by atoms with van der Waals surface area (Å²) in [6, 6.07) is 11.4. The smallest absolute Gasteiger partial charge is 0.139 e. The van der Waals surface area contributed by atoms with Crippen LogP contribution in [0.5, 0.6) is 0 Å². The summed E-state index contributed by atoms with van der Waals surface area (Å²) in [5.74, 6) is 2.73. The van der Waals surface area contributed by atoms with Gasteiger partial charge in [-0.25, -0.2) is 14.4 Å². The molecule has 0 saturated heterocycles. The van der Waals surface area contributed by atoms with Crippen LogP contribution in [0.15, 0.2) is 48.7 Å². The van der Waals surface area contributed by atoms with Crippen molar-refractivity contribution >= 4 is 11.6 Å². The van der Waals surface area contributed by atoms with Crippen LogP contribution in [0.2, 0.25) is 0 Å². The highest BCUT2D eigenvalue weighted by atomic mass is 19.1. The van der Waals surface area contributed by atoms with E-state index in [4.69, 9.17) is 17.9 Å². The van der Waals surface area contributed by atoms with Crippen LogP contribution in [0.25, 0.3) is 22.4 Å². The molecular weight excluding hydrogens is 291 g/mol. The molecule has 0 atom stereocenters. The maximum atomic E-state index is 13.6. The fraction of sp³-hybridized carbons (Fsp3) is 0. The lowest BCUT2D eigenvalue weighted by molar-refractivity contribution is 0.628. The first-order valence-electron chi connectivity index (χ1n) is 6.83. The Morgan fingerprint density at radius 1 is 1.04 bits per heavy atom. The molecule has 0 fully saturated rings. The van der Waals surface area contributed by atoms with E-state index in [9.17, 15) is 4.39 Å². The molecule has 0 aliphatic carbocycles. The average Bonchev–Trinajstić information content (AvgIpc) is 2.54. The van der Waals surface area contributed by atoms with Crippen molar-refractivity contribution in [1.82, 2.24) is 9.97 Å². The zero-order chi connectivity index (χ0) is 16.4. The lowest BCUT2D eigenvalue weighted by Crippen LogP contribution is -2.00. The minimum atomic E-state index is -0.357. The SMILES string of the molecule is C#Cc1cc(-c2ccnc(N)c2)c(-c2cccc(F)c2)nc1N. The number of aromatic nitrogens is 2. The summed E-state index contributed by atoms with van der Waals surface area (Å²) in [4.78, 5) is 8.34. The van der Waals surface area contributed by atoms with Gasteiger partial charge >= 0.3 is 0 Å². The van der Waals surface area contributed by atoms with Crippen LogP contribution in [-0.4, -0.2) is 9.97 Å². The molecule has 1 aromatic carbocycles. The highest BCUT2D eigenvalue weighted by molar-refractivity contribution is 5.84. The van der Waals surface area contributed by atoms with E-state index in [0.717, 1.165) is 5.56 Å². The highest BCUT2D eigenvalue weighted by Gasteiger charge is 2.14. The van der Waals surface area contributed by atoms with E-state index in [0.29, 0.717) is 28.2 Å². The van der Waals surface area contributed by atoms with Crippen LogP contribution in [0.4, 0.5) is 16.0 Å². The number of halogens is 1. The van der Waals surface area contributed by atoms with Crippen LogP contribution in [0, 0.1) is 18.2 Å². The average molecular weight is 304 g/mol. The summed E-state index contributed by atoms with van der Waals surface area (Å²) in [6.45, 7) is 0. The number of nitrogen functional groups attached to an aromatic ring is 2. The summed E-state index contributed by atoms with van der Waals surface area (Å²) >= 11 is 0. The summed E-state index contributed by atoms with van der Waals surface area (Å²) in [5.41, 5.74) is 14.8. The van der Waals surface area contributed by atoms with E-state index >= 15 is 0 Å². The van der Waals surface area contributed by atoms with Crippen LogP contribution < -0.4 is 11.5 Å². The van der Waals surface area contributed by atoms with E-state index in [-0.39, 0.29) is 11.6 Å². The predicted molar refractivity (Wildman–Crippen MR) is 89.6 cm³/mol. The number of terminal acetylenes is 1. The van der Waals surface area contributed by atoms with Crippen molar-refractivity contribution in [2.24, 2.45) is 0 Å². The predicted octanol–water partition coefficient (Wildman–Crippen LogP) is 3.10. The van der Waals surface area contributed by atoms with Crippen molar-refractivity contribution in [3.8, 4) is 34.7 Å². The topological polar surface area (TPSA) is 77.8 Å². The molecule has 0 unspecified atom stereocenters. The van der Waals surface area contributed by atoms with E-state index in [1.165, 1.54) is 12.1 Å². The third-order valence-electron chi connectivity index (χ3n) is 3.40. The second kappa shape index (κ2) is 5.78. The largest absolute Gasteiger partial charge is 0.384 e. The molecule has 0 bridgehead atoms. The number of nitrogens with zero attached hydrogens (tertiary/aromatic N) is 2. The normalized spacial score (nSPS) is 10.3. The van der Waals surface area contributed by atoms with Crippen molar-refractivity contribution in [1.29, 1.82) is 0 Å². The van der Waals surface area contributed by atoms with E-state index in [1.54, 1.807) is 36.5 Å². The molecule has 0 aliphatic heterocycles. The van der Waals surface area contributed by atoms with Crippen molar-refractivity contribution in [3.63, 3.8) is 0 Å². The summed E-state index contributed by atoms with van der Waals surface area (Å²) in [6.07, 6.45) is 7.06. The molecule has 2 aromatic heterocycles. The molecule has 4 nitrogen and oxygen atoms in total. The molecule has 3 rings (SSSR count). The van der Waals surface area contributed by atoms with E-state index < -0.39 is 0 Å². The molecule has 0 amide bonds. The molecule has 0 spiro atoms. The van der Waals surface area contributed by atoms with Crippen LogP contribution in [0.3, 0.4) is 0 Å². The minimum absolute atomic E-state index is 0.220. The van der Waals surface area contributed by atoms with E-state index in [1.807, 2.05) is 0 Å². The van der Waals surface area contributed by atoms with Crippen LogP contribution >= 0.6 is 0 Å². The summed E-state index contributed by atoms with van der Waals surface area (Å²) in [5, 5.41) is 0. The number of pyridine rings is 2. The number of benzene rings is 1. The van der Waals surface area contributed by atoms with Gasteiger partial charge in [0.2, 0.25) is 0 Å². The monoisotopic (exact) mass is 304 g/mol. The van der Waals surface area contributed by atoms with Gasteiger partial charge in [0.15, 0.2) is 0 Å². The van der Waals surface area contributed by atoms with Crippen LogP contribution in [-0.2, 0) is 0 Å². The van der Waals surface area contributed by atoms with Gasteiger partial charge in [-0.1, -0.05) is 18.1 Å². The van der Waals surface area contributed by atoms with E-state index in [2.05, 4.69) is 15.9 Å². The lowest BCUT2D eigenvalue weighted by Gasteiger charge is -2.12. The molecular formula is C18H13FN4. The summed E-state index contributed by atoms with van der Waals surface area (Å²) < 4.78 is 13.6. The van der Waals surface area contributed by atoms with Crippen molar-refractivity contribution in [2.75, 3.05) is 11.5 Å². The zero-order valence-corrected chi connectivity index (χ0v) is 12.1. The van der Waals surface area contributed by atoms with Gasteiger partial charge in [-0.2, -0.15) is 0 Å². The third-order valence-corrected chi connectivity index (χ3v) is 3.40. The molecule has 4 N–H and O–H groups in total. The maximum Gasteiger partial charge on any atom is 0.139 e. The number of hydrogen-bond donors (Lipinski definition) is 2. The fourth-order valence-electron chi connectivity index (χ4n) is 2.33. The Bertz CT molecular complexity index is 929. The second-order valence-electron chi connectivity index (χ2n) is 4.94. The Labute approximate surface area is 133 Å². The minimum Gasteiger partial charge on any atom is -0.384 e. The van der Waals surface area contributed by atoms with Gasteiger partial charge in [-0.15, -0.1) is 6.42 Å². The van der Waals surface area contributed by atoms with Gasteiger partial charge in [0.05, 0.1) is 11.3 Å². The highest BCUT2D eigenvalue weighted by Crippen LogP contribution is 2.33. The first-order chi connectivity index (χ1) is 11.1. The van der Waals surface area contributed by atoms with Gasteiger partial charge in [-0.3, -0.25) is 0 Å². The Balaban J connectivity index is 2.30. The first-order valence-corrected chi connectivity index (χ1v) is 6.83. The first kappa shape index (κ1) is 14.5. The Morgan fingerprint density at radius 3 is 2.57 bits per heavy atom. The number of nitrogens with two attached hydrogens (primary N) is 2. The van der Waals surface area contributed by atoms with Crippen LogP contribution in [0.1, 0.15) is 5.56 Å². The zero-order valence-electron chi connectivity index (χ0n) is 12.1. The molecule has 2 heterocycles. The fourth-order valence-corrected chi connectivity index (χ4v) is 2.33. The van der Waals surface area contributed by atoms with Gasteiger partial charge in [0.25, 0.3) is 0 Å². The molecule has 0 saturated carbocycles. The molecule has 112 valence electrons. The van der Waals surface area contributed by atoms with Crippen molar-refractivity contribution < 1.29 is 4.39 Å². The van der Waals surface area contributed by atoms with Gasteiger partial charge in [0.1, 0.15) is 17.5 Å². The molecule has 0 aliphatic rings. The number of rotatable bonds is 2. The van der Waals surface area contributed by atoms with Gasteiger partial charge in [-0.05, 0) is 35.9 Å². The standard InChI is InChI=1S/C18H13FN4/c1-2-11-9-15(12-6-7-22-16(20)10-12)17(23-18(11)21)13-4-3-5-14(19)8-13/h1,3-10H,(H2,20,22)(H2,21,23). The van der Waals surface area contributed by atoms with Crippen molar-refractivity contribution in [2.45, 2.75) is 0 Å². The molecule has 23 heavy (non-hydrogen) atoms. The lowest BCUT2D eigenvalue weighted by atomic mass is 9.98. The second-order valence-corrected chi connectivity index (χ2v) is 4.94. The molecule has 5 heteroatoms. The van der Waals surface area contributed by atoms with Crippen molar-refractivity contribution in [3.05, 3.63) is 60.0 Å². The Hall–Kier alpha value is -3.39. The molecule has 0 radical (unpaired) electrons. The maximum absolute atomic E-state index is 13.6. The van der Waals surface area contributed by atoms with Gasteiger partial charge < -0.3 is 11.5 Å². The Morgan fingerprint density at radius 2 is 1.87 bits per heavy atom. The molecule has 3 aromatic rings. The number of hydrogen-bond acceptors (Lipinski definition) is 4. The van der Waals surface area contributed by atoms with Gasteiger partial charge in [0, 0.05) is 17.3 Å².